The Labute approximate surface area is 188 Å². The fourth-order valence-electron chi connectivity index (χ4n) is 4.34. The molecule has 4 rings (SSSR count). The van der Waals surface area contributed by atoms with E-state index in [0.717, 1.165) is 41.1 Å². The van der Waals surface area contributed by atoms with Crippen LogP contribution in [0.5, 0.6) is 17.2 Å². The Kier molecular flexibility index (Phi) is 6.30. The van der Waals surface area contributed by atoms with E-state index >= 15 is 0 Å². The highest BCUT2D eigenvalue weighted by molar-refractivity contribution is 5.98. The van der Waals surface area contributed by atoms with Crippen LogP contribution >= 0.6 is 0 Å². The summed E-state index contributed by atoms with van der Waals surface area (Å²) in [6, 6.07) is 17.4. The molecule has 32 heavy (non-hydrogen) atoms. The lowest BCUT2D eigenvalue weighted by atomic mass is 10.0. The average molecular weight is 433 g/mol. The van der Waals surface area contributed by atoms with E-state index in [2.05, 4.69) is 12.1 Å². The number of hydrogen-bond donors (Lipinski definition) is 0. The predicted molar refractivity (Wildman–Crippen MR) is 124 cm³/mol. The van der Waals surface area contributed by atoms with Crippen LogP contribution in [0, 0.1) is 6.92 Å². The van der Waals surface area contributed by atoms with Crippen molar-refractivity contribution in [3.63, 3.8) is 0 Å². The van der Waals surface area contributed by atoms with Crippen LogP contribution in [-0.2, 0) is 0 Å². The normalized spacial score (nSPS) is 15.5. The van der Waals surface area contributed by atoms with E-state index in [-0.39, 0.29) is 11.9 Å². The molecule has 1 amide bonds. The second kappa shape index (κ2) is 9.30. The first-order chi connectivity index (χ1) is 15.5. The van der Waals surface area contributed by atoms with Crippen LogP contribution < -0.4 is 14.2 Å². The minimum absolute atomic E-state index is 0.0717. The molecule has 1 fully saturated rings. The summed E-state index contributed by atoms with van der Waals surface area (Å²) in [5, 5.41) is 0. The second-order valence-corrected chi connectivity index (χ2v) is 7.85. The molecule has 0 unspecified atom stereocenters. The Morgan fingerprint density at radius 3 is 2.44 bits per heavy atom. The van der Waals surface area contributed by atoms with Gasteiger partial charge in [0.1, 0.15) is 5.75 Å². The van der Waals surface area contributed by atoms with Gasteiger partial charge in [0.25, 0.3) is 5.91 Å². The Morgan fingerprint density at radius 2 is 1.75 bits per heavy atom. The molecule has 2 heterocycles. The summed E-state index contributed by atoms with van der Waals surface area (Å²) < 4.78 is 16.2. The molecule has 0 radical (unpaired) electrons. The van der Waals surface area contributed by atoms with Crippen LogP contribution in [0.15, 0.2) is 54.6 Å². The van der Waals surface area contributed by atoms with Crippen molar-refractivity contribution < 1.29 is 19.0 Å². The van der Waals surface area contributed by atoms with Gasteiger partial charge in [-0.05, 0) is 67.3 Å². The number of rotatable bonds is 6. The summed E-state index contributed by atoms with van der Waals surface area (Å²) in [6.45, 7) is 2.67. The number of carbonyl (C=O) groups excluding carboxylic acids is 1. The Hall–Kier alpha value is -3.54. The molecule has 1 aromatic heterocycles. The van der Waals surface area contributed by atoms with Crippen LogP contribution in [-0.4, -0.2) is 43.7 Å². The van der Waals surface area contributed by atoms with Crippen molar-refractivity contribution in [1.29, 1.82) is 0 Å². The van der Waals surface area contributed by atoms with Crippen LogP contribution in [0.4, 0.5) is 0 Å². The predicted octanol–water partition coefficient (Wildman–Crippen LogP) is 5.06. The minimum Gasteiger partial charge on any atom is -0.497 e. The van der Waals surface area contributed by atoms with E-state index in [1.165, 1.54) is 0 Å². The topological polar surface area (TPSA) is 60.9 Å². The summed E-state index contributed by atoms with van der Waals surface area (Å²) in [6.07, 6.45) is 1.80. The van der Waals surface area contributed by atoms with E-state index in [9.17, 15) is 4.79 Å². The number of benzene rings is 2. The summed E-state index contributed by atoms with van der Waals surface area (Å²) in [4.78, 5) is 20.2. The minimum atomic E-state index is -0.0877. The van der Waals surface area contributed by atoms with Gasteiger partial charge in [0.15, 0.2) is 11.5 Å². The van der Waals surface area contributed by atoms with Crippen LogP contribution in [0.2, 0.25) is 0 Å². The molecule has 0 aliphatic carbocycles. The first kappa shape index (κ1) is 21.7. The lowest BCUT2D eigenvalue weighted by molar-refractivity contribution is 0.0728. The highest BCUT2D eigenvalue weighted by Gasteiger charge is 2.33. The van der Waals surface area contributed by atoms with Gasteiger partial charge in [-0.1, -0.05) is 18.2 Å². The number of para-hydroxylation sites is 1. The third-order valence-corrected chi connectivity index (χ3v) is 5.89. The molecule has 0 saturated carbocycles. The fraction of sp³-hybridized carbons (Fsp3) is 0.308. The highest BCUT2D eigenvalue weighted by atomic mass is 16.5. The van der Waals surface area contributed by atoms with Crippen molar-refractivity contribution in [3.8, 4) is 28.4 Å². The third kappa shape index (κ3) is 4.13. The van der Waals surface area contributed by atoms with Gasteiger partial charge in [-0.3, -0.25) is 9.78 Å². The van der Waals surface area contributed by atoms with E-state index < -0.39 is 0 Å². The zero-order valence-electron chi connectivity index (χ0n) is 18.9. The number of amides is 1. The molecular weight excluding hydrogens is 404 g/mol. The molecule has 0 bridgehead atoms. The molecule has 0 spiro atoms. The molecule has 6 heteroatoms. The van der Waals surface area contributed by atoms with E-state index in [1.807, 2.05) is 42.2 Å². The molecule has 166 valence electrons. The van der Waals surface area contributed by atoms with Gasteiger partial charge in [-0.25, -0.2) is 0 Å². The fourth-order valence-corrected chi connectivity index (χ4v) is 4.34. The smallest absolute Gasteiger partial charge is 0.258 e. The van der Waals surface area contributed by atoms with Gasteiger partial charge < -0.3 is 19.1 Å². The molecule has 1 aliphatic rings. The van der Waals surface area contributed by atoms with Crippen LogP contribution in [0.3, 0.4) is 0 Å². The Morgan fingerprint density at radius 1 is 0.969 bits per heavy atom. The van der Waals surface area contributed by atoms with E-state index in [4.69, 9.17) is 19.2 Å². The van der Waals surface area contributed by atoms with Crippen molar-refractivity contribution in [1.82, 2.24) is 9.88 Å². The van der Waals surface area contributed by atoms with E-state index in [0.29, 0.717) is 23.6 Å². The Bertz CT molecular complexity index is 1110. The molecule has 2 aromatic carbocycles. The van der Waals surface area contributed by atoms with Crippen molar-refractivity contribution in [3.05, 3.63) is 71.5 Å². The summed E-state index contributed by atoms with van der Waals surface area (Å²) in [5.41, 5.74) is 4.49. The number of pyridine rings is 1. The van der Waals surface area contributed by atoms with Crippen molar-refractivity contribution in [2.24, 2.45) is 0 Å². The number of ether oxygens (including phenoxy) is 3. The maximum Gasteiger partial charge on any atom is 0.258 e. The maximum absolute atomic E-state index is 13.5. The van der Waals surface area contributed by atoms with Gasteiger partial charge in [0.05, 0.1) is 38.6 Å². The number of methoxy groups -OCH3 is 3. The van der Waals surface area contributed by atoms with Crippen molar-refractivity contribution in [2.75, 3.05) is 27.9 Å². The highest BCUT2D eigenvalue weighted by Crippen LogP contribution is 2.38. The standard InChI is InChI=1S/C26H28N2O4/c1-17-15-19(18-10-12-20(30-2)13-11-18)16-22(27-17)23-8-6-14-28(23)26(29)21-7-5-9-24(31-3)25(21)32-4/h5,7,9-13,15-16,23H,6,8,14H2,1-4H3/t23-/m0/s1. The first-order valence-electron chi connectivity index (χ1n) is 10.7. The molecule has 1 aliphatic heterocycles. The molecule has 1 atom stereocenters. The zero-order chi connectivity index (χ0) is 22.7. The lowest BCUT2D eigenvalue weighted by Crippen LogP contribution is -2.31. The van der Waals surface area contributed by atoms with Crippen molar-refractivity contribution in [2.45, 2.75) is 25.8 Å². The number of likely N-dealkylation sites (tertiary alicyclic amines) is 1. The summed E-state index contributed by atoms with van der Waals surface area (Å²) in [5.74, 6) is 1.75. The molecule has 6 nitrogen and oxygen atoms in total. The number of aryl methyl sites for hydroxylation is 1. The summed E-state index contributed by atoms with van der Waals surface area (Å²) in [7, 11) is 4.79. The van der Waals surface area contributed by atoms with Gasteiger partial charge in [-0.15, -0.1) is 0 Å². The lowest BCUT2D eigenvalue weighted by Gasteiger charge is -2.26. The zero-order valence-corrected chi connectivity index (χ0v) is 18.9. The number of nitrogens with zero attached hydrogens (tertiary/aromatic N) is 2. The van der Waals surface area contributed by atoms with Crippen LogP contribution in [0.1, 0.15) is 40.6 Å². The van der Waals surface area contributed by atoms with Gasteiger partial charge in [0, 0.05) is 12.2 Å². The first-order valence-corrected chi connectivity index (χ1v) is 10.7. The Balaban J connectivity index is 1.68. The summed E-state index contributed by atoms with van der Waals surface area (Å²) >= 11 is 0. The van der Waals surface area contributed by atoms with Crippen molar-refractivity contribution >= 4 is 5.91 Å². The number of carbonyl (C=O) groups is 1. The molecule has 1 saturated heterocycles. The van der Waals surface area contributed by atoms with E-state index in [1.54, 1.807) is 33.5 Å². The molecular formula is C26H28N2O4. The number of aromatic nitrogens is 1. The average Bonchev–Trinajstić information content (AvgIpc) is 3.32. The van der Waals surface area contributed by atoms with Gasteiger partial charge in [0.2, 0.25) is 0 Å². The molecule has 0 N–H and O–H groups in total. The quantitative estimate of drug-likeness (QED) is 0.545. The number of hydrogen-bond acceptors (Lipinski definition) is 5. The molecule has 3 aromatic rings. The van der Waals surface area contributed by atoms with Gasteiger partial charge >= 0.3 is 0 Å². The second-order valence-electron chi connectivity index (χ2n) is 7.85. The largest absolute Gasteiger partial charge is 0.497 e. The SMILES string of the molecule is COc1ccc(-c2cc(C)nc([C@@H]3CCCN3C(=O)c3cccc(OC)c3OC)c2)cc1. The van der Waals surface area contributed by atoms with Gasteiger partial charge in [-0.2, -0.15) is 0 Å². The third-order valence-electron chi connectivity index (χ3n) is 5.89. The van der Waals surface area contributed by atoms with Crippen LogP contribution in [0.25, 0.3) is 11.1 Å². The monoisotopic (exact) mass is 432 g/mol. The maximum atomic E-state index is 13.5.